The van der Waals surface area contributed by atoms with Gasteiger partial charge < -0.3 is 15.4 Å². The van der Waals surface area contributed by atoms with Crippen molar-refractivity contribution in [3.05, 3.63) is 47.8 Å². The third-order valence-electron chi connectivity index (χ3n) is 3.28. The van der Waals surface area contributed by atoms with Gasteiger partial charge in [0.15, 0.2) is 11.6 Å². The average molecular weight is 332 g/mol. The maximum atomic E-state index is 13.7. The Morgan fingerprint density at radius 3 is 2.87 bits per heavy atom. The molecule has 2 N–H and O–H groups in total. The van der Waals surface area contributed by atoms with Gasteiger partial charge in [0.05, 0.1) is 18.6 Å². The lowest BCUT2D eigenvalue weighted by atomic mass is 10.2. The monoisotopic (exact) mass is 332 g/mol. The van der Waals surface area contributed by atoms with Crippen LogP contribution in [-0.4, -0.2) is 24.7 Å². The minimum atomic E-state index is -0.603. The van der Waals surface area contributed by atoms with E-state index in [2.05, 4.69) is 10.6 Å². The largest absolute Gasteiger partial charge is 0.494 e. The maximum Gasteiger partial charge on any atom is 0.255 e. The summed E-state index contributed by atoms with van der Waals surface area (Å²) < 4.78 is 18.5. The Labute approximate surface area is 136 Å². The Morgan fingerprint density at radius 2 is 2.13 bits per heavy atom. The van der Waals surface area contributed by atoms with E-state index in [1.807, 2.05) is 6.07 Å². The van der Waals surface area contributed by atoms with E-state index in [4.69, 9.17) is 4.74 Å². The number of methoxy groups -OCH3 is 1. The molecule has 0 saturated heterocycles. The van der Waals surface area contributed by atoms with E-state index in [0.717, 1.165) is 11.0 Å². The van der Waals surface area contributed by atoms with Crippen LogP contribution < -0.4 is 15.4 Å². The number of rotatable bonds is 3. The minimum absolute atomic E-state index is 0.0788. The molecule has 0 radical (unpaired) electrons. The van der Waals surface area contributed by atoms with Gasteiger partial charge in [0, 0.05) is 16.1 Å². The van der Waals surface area contributed by atoms with Crippen molar-refractivity contribution in [2.75, 3.05) is 23.5 Å². The van der Waals surface area contributed by atoms with Crippen molar-refractivity contribution < 1.29 is 18.7 Å². The van der Waals surface area contributed by atoms with Crippen molar-refractivity contribution >= 4 is 35.0 Å². The Kier molecular flexibility index (Phi) is 4.20. The zero-order valence-corrected chi connectivity index (χ0v) is 13.0. The quantitative estimate of drug-likeness (QED) is 0.906. The van der Waals surface area contributed by atoms with Gasteiger partial charge in [0.2, 0.25) is 5.91 Å². The number of thioether (sulfide) groups is 1. The third kappa shape index (κ3) is 3.29. The van der Waals surface area contributed by atoms with E-state index in [1.54, 1.807) is 12.1 Å². The van der Waals surface area contributed by atoms with Crippen LogP contribution >= 0.6 is 11.8 Å². The fraction of sp³-hybridized carbons (Fsp3) is 0.125. The fourth-order valence-corrected chi connectivity index (χ4v) is 2.96. The Bertz CT molecular complexity index is 795. The molecule has 5 nitrogen and oxygen atoms in total. The van der Waals surface area contributed by atoms with E-state index in [-0.39, 0.29) is 17.2 Å². The first-order valence-corrected chi connectivity index (χ1v) is 7.77. The lowest BCUT2D eigenvalue weighted by molar-refractivity contribution is -0.113. The molecule has 0 aromatic heterocycles. The standard InChI is InChI=1S/C16H13FN2O3S/c1-22-13-4-2-9(6-11(13)17)16(21)18-10-3-5-14-12(7-10)19-15(20)8-23-14/h2-7H,8H2,1H3,(H,18,21)(H,19,20). The summed E-state index contributed by atoms with van der Waals surface area (Å²) in [5.74, 6) is -0.669. The molecule has 0 aliphatic carbocycles. The predicted octanol–water partition coefficient (Wildman–Crippen LogP) is 3.13. The highest BCUT2D eigenvalue weighted by molar-refractivity contribution is 8.00. The number of carbonyl (C=O) groups is 2. The molecule has 0 bridgehead atoms. The topological polar surface area (TPSA) is 67.4 Å². The second-order valence-corrected chi connectivity index (χ2v) is 5.87. The van der Waals surface area contributed by atoms with Crippen molar-refractivity contribution in [1.82, 2.24) is 0 Å². The highest BCUT2D eigenvalue weighted by atomic mass is 32.2. The predicted molar refractivity (Wildman–Crippen MR) is 86.7 cm³/mol. The number of benzene rings is 2. The van der Waals surface area contributed by atoms with E-state index in [0.29, 0.717) is 17.1 Å². The lowest BCUT2D eigenvalue weighted by Gasteiger charge is -2.17. The average Bonchev–Trinajstić information content (AvgIpc) is 2.54. The molecular formula is C16H13FN2O3S. The van der Waals surface area contributed by atoms with Crippen LogP contribution in [0.3, 0.4) is 0 Å². The number of hydrogen-bond donors (Lipinski definition) is 2. The Balaban J connectivity index is 1.79. The van der Waals surface area contributed by atoms with E-state index < -0.39 is 11.7 Å². The molecule has 0 atom stereocenters. The van der Waals surface area contributed by atoms with Crippen molar-refractivity contribution in [3.63, 3.8) is 0 Å². The van der Waals surface area contributed by atoms with Crippen molar-refractivity contribution in [1.29, 1.82) is 0 Å². The van der Waals surface area contributed by atoms with Crippen LogP contribution in [0.5, 0.6) is 5.75 Å². The number of ether oxygens (including phenoxy) is 1. The Morgan fingerprint density at radius 1 is 1.30 bits per heavy atom. The van der Waals surface area contributed by atoms with Crippen molar-refractivity contribution in [3.8, 4) is 5.75 Å². The zero-order valence-electron chi connectivity index (χ0n) is 12.2. The van der Waals surface area contributed by atoms with Gasteiger partial charge in [-0.2, -0.15) is 0 Å². The molecule has 7 heteroatoms. The molecule has 0 fully saturated rings. The molecule has 2 amide bonds. The van der Waals surface area contributed by atoms with Crippen LogP contribution in [0, 0.1) is 5.82 Å². The highest BCUT2D eigenvalue weighted by Gasteiger charge is 2.16. The summed E-state index contributed by atoms with van der Waals surface area (Å²) in [5.41, 5.74) is 1.36. The van der Waals surface area contributed by atoms with Gasteiger partial charge in [0.25, 0.3) is 5.91 Å². The highest BCUT2D eigenvalue weighted by Crippen LogP contribution is 2.33. The smallest absolute Gasteiger partial charge is 0.255 e. The van der Waals surface area contributed by atoms with Crippen LogP contribution in [0.2, 0.25) is 0 Å². The molecule has 118 valence electrons. The van der Waals surface area contributed by atoms with Gasteiger partial charge in [-0.25, -0.2) is 4.39 Å². The number of nitrogens with one attached hydrogen (secondary N) is 2. The van der Waals surface area contributed by atoms with E-state index >= 15 is 0 Å². The lowest BCUT2D eigenvalue weighted by Crippen LogP contribution is -2.19. The number of anilines is 2. The first kappa shape index (κ1) is 15.4. The Hall–Kier alpha value is -2.54. The second kappa shape index (κ2) is 6.29. The molecule has 0 spiro atoms. The van der Waals surface area contributed by atoms with Crippen LogP contribution in [0.15, 0.2) is 41.3 Å². The summed E-state index contributed by atoms with van der Waals surface area (Å²) in [5, 5.41) is 5.43. The summed E-state index contributed by atoms with van der Waals surface area (Å²) >= 11 is 1.44. The molecule has 2 aromatic rings. The van der Waals surface area contributed by atoms with Crippen molar-refractivity contribution in [2.24, 2.45) is 0 Å². The molecule has 3 rings (SSSR count). The van der Waals surface area contributed by atoms with Crippen LogP contribution in [0.25, 0.3) is 0 Å². The summed E-state index contributed by atoms with van der Waals surface area (Å²) in [6, 6.07) is 9.23. The molecule has 1 aliphatic heterocycles. The van der Waals surface area contributed by atoms with Crippen LogP contribution in [0.1, 0.15) is 10.4 Å². The number of carbonyl (C=O) groups excluding carboxylic acids is 2. The summed E-state index contributed by atoms with van der Waals surface area (Å²) in [6.07, 6.45) is 0. The minimum Gasteiger partial charge on any atom is -0.494 e. The summed E-state index contributed by atoms with van der Waals surface area (Å²) in [4.78, 5) is 24.5. The first-order valence-electron chi connectivity index (χ1n) is 6.78. The van der Waals surface area contributed by atoms with Crippen molar-refractivity contribution in [2.45, 2.75) is 4.90 Å². The number of halogens is 1. The SMILES string of the molecule is COc1ccc(C(=O)Nc2ccc3c(c2)NC(=O)CS3)cc1F. The normalized spacial score (nSPS) is 13.0. The van der Waals surface area contributed by atoms with E-state index in [9.17, 15) is 14.0 Å². The van der Waals surface area contributed by atoms with E-state index in [1.165, 1.54) is 31.0 Å². The summed E-state index contributed by atoms with van der Waals surface area (Å²) in [7, 11) is 1.36. The van der Waals surface area contributed by atoms with Gasteiger partial charge in [-0.05, 0) is 36.4 Å². The third-order valence-corrected chi connectivity index (χ3v) is 4.36. The molecule has 23 heavy (non-hydrogen) atoms. The molecule has 1 heterocycles. The zero-order chi connectivity index (χ0) is 16.4. The maximum absolute atomic E-state index is 13.7. The van der Waals surface area contributed by atoms with Gasteiger partial charge in [0.1, 0.15) is 0 Å². The second-order valence-electron chi connectivity index (χ2n) is 4.85. The van der Waals surface area contributed by atoms with Crippen LogP contribution in [0.4, 0.5) is 15.8 Å². The van der Waals surface area contributed by atoms with Gasteiger partial charge >= 0.3 is 0 Å². The number of amides is 2. The van der Waals surface area contributed by atoms with Gasteiger partial charge in [-0.15, -0.1) is 11.8 Å². The molecular weight excluding hydrogens is 319 g/mol. The first-order chi connectivity index (χ1) is 11.1. The molecule has 2 aromatic carbocycles. The molecule has 1 aliphatic rings. The molecule has 0 saturated carbocycles. The summed E-state index contributed by atoms with van der Waals surface area (Å²) in [6.45, 7) is 0. The molecule has 0 unspecified atom stereocenters. The number of hydrogen-bond acceptors (Lipinski definition) is 4. The number of fused-ring (bicyclic) bond motifs is 1. The van der Waals surface area contributed by atoms with Crippen LogP contribution in [-0.2, 0) is 4.79 Å². The fourth-order valence-electron chi connectivity index (χ4n) is 2.17. The van der Waals surface area contributed by atoms with Gasteiger partial charge in [-0.3, -0.25) is 9.59 Å². The van der Waals surface area contributed by atoms with Gasteiger partial charge in [-0.1, -0.05) is 0 Å².